The van der Waals surface area contributed by atoms with Crippen molar-refractivity contribution in [3.63, 3.8) is 0 Å². The first-order valence-corrected chi connectivity index (χ1v) is 19.1. The Labute approximate surface area is 202 Å². The average Bonchev–Trinajstić information content (AvgIpc) is 3.40. The molecule has 0 aromatic heterocycles. The number of allylic oxidation sites excluding steroid dienone is 1. The first-order chi connectivity index (χ1) is 15.0. The minimum atomic E-state index is -1.76. The lowest BCUT2D eigenvalue weighted by Crippen LogP contribution is -2.45. The van der Waals surface area contributed by atoms with Crippen molar-refractivity contribution >= 4 is 16.6 Å². The van der Waals surface area contributed by atoms with Gasteiger partial charge in [0.2, 0.25) is 0 Å². The molecule has 4 heteroatoms. The molecule has 0 saturated heterocycles. The normalized spacial score (nSPS) is 24.1. The van der Waals surface area contributed by atoms with Crippen LogP contribution in [0.4, 0.5) is 0 Å². The van der Waals surface area contributed by atoms with Crippen LogP contribution in [-0.2, 0) is 8.85 Å². The molecule has 0 heterocycles. The monoisotopic (exact) mass is 478 g/mol. The number of rotatable bonds is 13. The van der Waals surface area contributed by atoms with Crippen LogP contribution >= 0.6 is 0 Å². The summed E-state index contributed by atoms with van der Waals surface area (Å²) in [6, 6.07) is 3.70. The fraction of sp³-hybridized carbons (Fsp3) is 0.857. The number of hydrogen-bond donors (Lipinski definition) is 0. The molecule has 2 nitrogen and oxygen atoms in total. The summed E-state index contributed by atoms with van der Waals surface area (Å²) in [6.45, 7) is 23.1. The van der Waals surface area contributed by atoms with E-state index in [0.717, 1.165) is 18.8 Å². The fourth-order valence-corrected chi connectivity index (χ4v) is 9.95. The summed E-state index contributed by atoms with van der Waals surface area (Å²) in [5, 5.41) is 0.273. The zero-order chi connectivity index (χ0) is 24.0. The van der Waals surface area contributed by atoms with Crippen LogP contribution in [-0.4, -0.2) is 28.8 Å². The van der Waals surface area contributed by atoms with Crippen LogP contribution in [0.15, 0.2) is 24.3 Å². The molecule has 2 aliphatic rings. The van der Waals surface area contributed by atoms with Crippen LogP contribution in [0.3, 0.4) is 0 Å². The molecule has 0 radical (unpaired) electrons. The molecule has 2 aliphatic carbocycles. The molecule has 3 unspecified atom stereocenters. The van der Waals surface area contributed by atoms with Gasteiger partial charge in [0.25, 0.3) is 0 Å². The predicted octanol–water partition coefficient (Wildman–Crippen LogP) is 9.26. The van der Waals surface area contributed by atoms with E-state index in [1.54, 1.807) is 5.57 Å². The molecular weight excluding hydrogens is 424 g/mol. The molecule has 2 rings (SSSR count). The van der Waals surface area contributed by atoms with E-state index in [0.29, 0.717) is 18.1 Å². The molecule has 0 amide bonds. The highest BCUT2D eigenvalue weighted by Crippen LogP contribution is 2.43. The van der Waals surface area contributed by atoms with Gasteiger partial charge in [-0.15, -0.1) is 6.58 Å². The summed E-state index contributed by atoms with van der Waals surface area (Å²) in [5.41, 5.74) is 1.63. The molecule has 186 valence electrons. The molecule has 1 saturated carbocycles. The van der Waals surface area contributed by atoms with Gasteiger partial charge in [0.15, 0.2) is 16.6 Å². The van der Waals surface area contributed by atoms with E-state index >= 15 is 0 Å². The summed E-state index contributed by atoms with van der Waals surface area (Å²) in [5.74, 6) is 1.29. The largest absolute Gasteiger partial charge is 0.414 e. The maximum atomic E-state index is 7.07. The lowest BCUT2D eigenvalue weighted by Gasteiger charge is -2.41. The quantitative estimate of drug-likeness (QED) is 0.194. The van der Waals surface area contributed by atoms with Crippen LogP contribution < -0.4 is 0 Å². The molecule has 0 spiro atoms. The van der Waals surface area contributed by atoms with Crippen LogP contribution in [0.1, 0.15) is 92.9 Å². The van der Waals surface area contributed by atoms with E-state index in [-0.39, 0.29) is 5.04 Å². The highest BCUT2D eigenvalue weighted by Gasteiger charge is 2.42. The van der Waals surface area contributed by atoms with E-state index in [9.17, 15) is 0 Å². The van der Waals surface area contributed by atoms with Crippen molar-refractivity contribution in [2.24, 2.45) is 11.8 Å². The minimum Gasteiger partial charge on any atom is -0.414 e. The van der Waals surface area contributed by atoms with Crippen LogP contribution in [0, 0.1) is 11.8 Å². The smallest absolute Gasteiger partial charge is 0.192 e. The van der Waals surface area contributed by atoms with E-state index in [1.807, 2.05) is 0 Å². The lowest BCUT2D eigenvalue weighted by molar-refractivity contribution is 0.108. The van der Waals surface area contributed by atoms with Gasteiger partial charge in [0.05, 0.1) is 6.10 Å². The van der Waals surface area contributed by atoms with Crippen LogP contribution in [0.5, 0.6) is 0 Å². The molecule has 3 atom stereocenters. The Balaban J connectivity index is 2.09. The maximum Gasteiger partial charge on any atom is 0.192 e. The second-order valence-corrected chi connectivity index (χ2v) is 21.5. The van der Waals surface area contributed by atoms with Gasteiger partial charge in [-0.3, -0.25) is 0 Å². The Hall–Kier alpha value is -0.166. The molecule has 0 aromatic rings. The highest BCUT2D eigenvalue weighted by molar-refractivity contribution is 6.74. The lowest BCUT2D eigenvalue weighted by atomic mass is 9.89. The Morgan fingerprint density at radius 2 is 1.69 bits per heavy atom. The van der Waals surface area contributed by atoms with Crippen molar-refractivity contribution in [2.75, 3.05) is 0 Å². The summed E-state index contributed by atoms with van der Waals surface area (Å²) in [7, 11) is -3.35. The van der Waals surface area contributed by atoms with Gasteiger partial charge in [0.1, 0.15) is 0 Å². The molecule has 0 aromatic carbocycles. The van der Waals surface area contributed by atoms with Crippen molar-refractivity contribution in [1.82, 2.24) is 0 Å². The van der Waals surface area contributed by atoms with Crippen molar-refractivity contribution in [2.45, 2.75) is 141 Å². The summed E-state index contributed by atoms with van der Waals surface area (Å²) in [4.78, 5) is 0. The second-order valence-electron chi connectivity index (χ2n) is 12.0. The Kier molecular flexibility index (Phi) is 10.5. The maximum absolute atomic E-state index is 7.07. The van der Waals surface area contributed by atoms with Gasteiger partial charge >= 0.3 is 0 Å². The summed E-state index contributed by atoms with van der Waals surface area (Å²) < 4.78 is 14.1. The van der Waals surface area contributed by atoms with Crippen molar-refractivity contribution in [3.05, 3.63) is 24.3 Å². The minimum absolute atomic E-state index is 0.273. The van der Waals surface area contributed by atoms with Gasteiger partial charge in [-0.2, -0.15) is 0 Å². The zero-order valence-corrected chi connectivity index (χ0v) is 24.8. The highest BCUT2D eigenvalue weighted by atomic mass is 28.4. The Bertz CT molecular complexity index is 601. The van der Waals surface area contributed by atoms with Gasteiger partial charge < -0.3 is 8.85 Å². The van der Waals surface area contributed by atoms with Gasteiger partial charge in [-0.05, 0) is 80.7 Å². The van der Waals surface area contributed by atoms with Gasteiger partial charge in [-0.1, -0.05) is 72.1 Å². The third-order valence-corrected chi connectivity index (χ3v) is 18.4. The summed E-state index contributed by atoms with van der Waals surface area (Å²) in [6.07, 6.45) is 15.4. The number of hydrogen-bond acceptors (Lipinski definition) is 2. The predicted molar refractivity (Wildman–Crippen MR) is 146 cm³/mol. The van der Waals surface area contributed by atoms with Crippen molar-refractivity contribution < 1.29 is 8.85 Å². The van der Waals surface area contributed by atoms with Crippen LogP contribution in [0.25, 0.3) is 0 Å². The second kappa shape index (κ2) is 12.0. The Morgan fingerprint density at radius 3 is 2.19 bits per heavy atom. The van der Waals surface area contributed by atoms with Gasteiger partial charge in [-0.25, -0.2) is 0 Å². The topological polar surface area (TPSA) is 18.5 Å². The van der Waals surface area contributed by atoms with Crippen LogP contribution in [0.2, 0.25) is 36.3 Å². The first kappa shape index (κ1) is 28.1. The van der Waals surface area contributed by atoms with Crippen molar-refractivity contribution in [1.29, 1.82) is 0 Å². The van der Waals surface area contributed by atoms with Gasteiger partial charge in [0, 0.05) is 12.0 Å². The van der Waals surface area contributed by atoms with E-state index < -0.39 is 16.6 Å². The average molecular weight is 479 g/mol. The molecule has 0 N–H and O–H groups in total. The Morgan fingerprint density at radius 1 is 1.09 bits per heavy atom. The van der Waals surface area contributed by atoms with E-state index in [2.05, 4.69) is 73.4 Å². The van der Waals surface area contributed by atoms with E-state index in [4.69, 9.17) is 8.85 Å². The molecule has 0 aliphatic heterocycles. The standard InChI is InChI=1S/C28H54O2Si2/c1-10-16-25-23(20-22-27(25)30-32(11-2,12-3)13-4)19-21-26(24-17-14-15-18-24)29-31(8,9)28(5,6)7/h10,20,24-27H,1,11-19,21-22H2,2-9H3. The third kappa shape index (κ3) is 6.93. The van der Waals surface area contributed by atoms with Crippen molar-refractivity contribution in [3.8, 4) is 0 Å². The molecule has 32 heavy (non-hydrogen) atoms. The molecule has 0 bridgehead atoms. The SMILES string of the molecule is C=CCC1C(CCC(O[Si](C)(C)C(C)(C)C)C2CCCC2)=CCC1O[Si](CC)(CC)CC. The van der Waals surface area contributed by atoms with E-state index in [1.165, 1.54) is 56.7 Å². The summed E-state index contributed by atoms with van der Waals surface area (Å²) >= 11 is 0. The first-order valence-electron chi connectivity index (χ1n) is 13.7. The molecular formula is C28H54O2Si2. The fourth-order valence-electron chi connectivity index (χ4n) is 5.63. The zero-order valence-electron chi connectivity index (χ0n) is 22.8. The molecule has 1 fully saturated rings. The third-order valence-electron chi connectivity index (χ3n) is 9.19.